The SMILES string of the molecule is CC(NC(=O)NCCNc1ccc2ccccc2n1)c1ccc(Cl)cc1. The van der Waals surface area contributed by atoms with Crippen molar-refractivity contribution in [3.63, 3.8) is 0 Å². The van der Waals surface area contributed by atoms with Crippen molar-refractivity contribution in [3.8, 4) is 0 Å². The first-order valence-electron chi connectivity index (χ1n) is 8.51. The van der Waals surface area contributed by atoms with Crippen LogP contribution in [0.2, 0.25) is 5.02 Å². The molecule has 26 heavy (non-hydrogen) atoms. The van der Waals surface area contributed by atoms with Crippen LogP contribution in [0.4, 0.5) is 10.6 Å². The van der Waals surface area contributed by atoms with Crippen LogP contribution in [0.3, 0.4) is 0 Å². The Morgan fingerprint density at radius 1 is 1.04 bits per heavy atom. The number of nitrogens with zero attached hydrogens (tertiary/aromatic N) is 1. The highest BCUT2D eigenvalue weighted by molar-refractivity contribution is 6.30. The summed E-state index contributed by atoms with van der Waals surface area (Å²) in [5, 5.41) is 10.7. The van der Waals surface area contributed by atoms with Crippen LogP contribution in [0.15, 0.2) is 60.7 Å². The fraction of sp³-hybridized carbons (Fsp3) is 0.200. The van der Waals surface area contributed by atoms with Gasteiger partial charge in [0.2, 0.25) is 0 Å². The molecule has 0 aliphatic carbocycles. The van der Waals surface area contributed by atoms with E-state index in [1.165, 1.54) is 0 Å². The lowest BCUT2D eigenvalue weighted by atomic mass is 10.1. The molecule has 0 fully saturated rings. The third kappa shape index (κ3) is 4.86. The van der Waals surface area contributed by atoms with Crippen molar-refractivity contribution >= 4 is 34.4 Å². The molecule has 1 heterocycles. The molecule has 1 aromatic heterocycles. The minimum atomic E-state index is -0.208. The Morgan fingerprint density at radius 2 is 1.81 bits per heavy atom. The zero-order valence-electron chi connectivity index (χ0n) is 14.5. The van der Waals surface area contributed by atoms with Crippen LogP contribution in [0, 0.1) is 0 Å². The highest BCUT2D eigenvalue weighted by atomic mass is 35.5. The summed E-state index contributed by atoms with van der Waals surface area (Å²) in [6.45, 7) is 3.02. The van der Waals surface area contributed by atoms with Gasteiger partial charge in [-0.15, -0.1) is 0 Å². The molecule has 0 radical (unpaired) electrons. The number of aromatic nitrogens is 1. The Balaban J connectivity index is 1.42. The van der Waals surface area contributed by atoms with E-state index in [-0.39, 0.29) is 12.1 Å². The molecular weight excluding hydrogens is 348 g/mol. The fourth-order valence-electron chi connectivity index (χ4n) is 2.61. The maximum absolute atomic E-state index is 12.0. The average molecular weight is 369 g/mol. The zero-order chi connectivity index (χ0) is 18.4. The first kappa shape index (κ1) is 18.0. The summed E-state index contributed by atoms with van der Waals surface area (Å²) in [6, 6.07) is 19.1. The molecule has 1 atom stereocenters. The molecule has 2 amide bonds. The molecule has 0 spiro atoms. The third-order valence-corrected chi connectivity index (χ3v) is 4.28. The summed E-state index contributed by atoms with van der Waals surface area (Å²) in [5.74, 6) is 0.792. The summed E-state index contributed by atoms with van der Waals surface area (Å²) < 4.78 is 0. The summed E-state index contributed by atoms with van der Waals surface area (Å²) >= 11 is 5.88. The molecule has 6 heteroatoms. The number of pyridine rings is 1. The molecule has 0 saturated carbocycles. The van der Waals surface area contributed by atoms with Crippen molar-refractivity contribution in [3.05, 3.63) is 71.2 Å². The molecular formula is C20H21ClN4O. The summed E-state index contributed by atoms with van der Waals surface area (Å²) in [6.07, 6.45) is 0. The standard InChI is InChI=1S/C20H21ClN4O/c1-14(15-6-9-17(21)10-7-15)24-20(26)23-13-12-22-19-11-8-16-4-2-3-5-18(16)25-19/h2-11,14H,12-13H2,1H3,(H,22,25)(H2,23,24,26). The predicted octanol–water partition coefficient (Wildman–Crippen LogP) is 4.36. The van der Waals surface area contributed by atoms with Crippen LogP contribution < -0.4 is 16.0 Å². The van der Waals surface area contributed by atoms with Gasteiger partial charge in [-0.1, -0.05) is 41.9 Å². The van der Waals surface area contributed by atoms with E-state index in [0.29, 0.717) is 18.1 Å². The first-order chi connectivity index (χ1) is 12.6. The van der Waals surface area contributed by atoms with Crippen LogP contribution in [-0.4, -0.2) is 24.1 Å². The molecule has 5 nitrogen and oxygen atoms in total. The second-order valence-corrected chi connectivity index (χ2v) is 6.43. The number of hydrogen-bond donors (Lipinski definition) is 3. The van der Waals surface area contributed by atoms with Crippen molar-refractivity contribution in [2.24, 2.45) is 0 Å². The summed E-state index contributed by atoms with van der Waals surface area (Å²) in [5.41, 5.74) is 1.95. The summed E-state index contributed by atoms with van der Waals surface area (Å²) in [7, 11) is 0. The number of rotatable bonds is 6. The number of hydrogen-bond acceptors (Lipinski definition) is 3. The van der Waals surface area contributed by atoms with E-state index in [1.807, 2.05) is 67.6 Å². The topological polar surface area (TPSA) is 66.1 Å². The number of carbonyl (C=O) groups is 1. The van der Waals surface area contributed by atoms with E-state index in [4.69, 9.17) is 11.6 Å². The number of urea groups is 1. The number of carbonyl (C=O) groups excluding carboxylic acids is 1. The van der Waals surface area contributed by atoms with Gasteiger partial charge >= 0.3 is 6.03 Å². The molecule has 0 aliphatic heterocycles. The van der Waals surface area contributed by atoms with Gasteiger partial charge in [-0.2, -0.15) is 0 Å². The Hall–Kier alpha value is -2.79. The number of halogens is 1. The van der Waals surface area contributed by atoms with Gasteiger partial charge in [0.05, 0.1) is 11.6 Å². The van der Waals surface area contributed by atoms with E-state index in [2.05, 4.69) is 20.9 Å². The van der Waals surface area contributed by atoms with E-state index >= 15 is 0 Å². The molecule has 0 aliphatic rings. The van der Waals surface area contributed by atoms with E-state index < -0.39 is 0 Å². The molecule has 1 unspecified atom stereocenters. The molecule has 0 bridgehead atoms. The van der Waals surface area contributed by atoms with Crippen LogP contribution in [0.25, 0.3) is 10.9 Å². The Kier molecular flexibility index (Phi) is 5.92. The molecule has 3 N–H and O–H groups in total. The second kappa shape index (κ2) is 8.54. The second-order valence-electron chi connectivity index (χ2n) is 5.99. The Bertz CT molecular complexity index is 882. The Morgan fingerprint density at radius 3 is 2.62 bits per heavy atom. The first-order valence-corrected chi connectivity index (χ1v) is 8.89. The van der Waals surface area contributed by atoms with Crippen LogP contribution >= 0.6 is 11.6 Å². The van der Waals surface area contributed by atoms with Crippen molar-refractivity contribution in [1.29, 1.82) is 0 Å². The highest BCUT2D eigenvalue weighted by Gasteiger charge is 2.08. The molecule has 0 saturated heterocycles. The monoisotopic (exact) mass is 368 g/mol. The molecule has 3 rings (SSSR count). The van der Waals surface area contributed by atoms with Crippen LogP contribution in [-0.2, 0) is 0 Å². The number of para-hydroxylation sites is 1. The van der Waals surface area contributed by atoms with E-state index in [0.717, 1.165) is 22.3 Å². The lowest BCUT2D eigenvalue weighted by Crippen LogP contribution is -2.39. The molecule has 2 aromatic carbocycles. The number of anilines is 1. The quantitative estimate of drug-likeness (QED) is 0.566. The average Bonchev–Trinajstić information content (AvgIpc) is 2.65. The van der Waals surface area contributed by atoms with Crippen molar-refractivity contribution in [2.75, 3.05) is 18.4 Å². The van der Waals surface area contributed by atoms with Crippen LogP contribution in [0.1, 0.15) is 18.5 Å². The van der Waals surface area contributed by atoms with E-state index in [9.17, 15) is 4.79 Å². The van der Waals surface area contributed by atoms with Gasteiger partial charge in [-0.3, -0.25) is 0 Å². The number of nitrogens with one attached hydrogen (secondary N) is 3. The third-order valence-electron chi connectivity index (χ3n) is 4.03. The normalized spacial score (nSPS) is 11.8. The van der Waals surface area contributed by atoms with Gasteiger partial charge in [0, 0.05) is 23.5 Å². The fourth-order valence-corrected chi connectivity index (χ4v) is 2.74. The predicted molar refractivity (Wildman–Crippen MR) is 107 cm³/mol. The minimum Gasteiger partial charge on any atom is -0.368 e. The van der Waals surface area contributed by atoms with E-state index in [1.54, 1.807) is 0 Å². The lowest BCUT2D eigenvalue weighted by Gasteiger charge is -2.15. The maximum atomic E-state index is 12.0. The lowest BCUT2D eigenvalue weighted by molar-refractivity contribution is 0.238. The van der Waals surface area contributed by atoms with Gasteiger partial charge < -0.3 is 16.0 Å². The number of benzene rings is 2. The van der Waals surface area contributed by atoms with Gasteiger partial charge in [-0.05, 0) is 42.8 Å². The van der Waals surface area contributed by atoms with Gasteiger partial charge in [0.25, 0.3) is 0 Å². The van der Waals surface area contributed by atoms with Gasteiger partial charge in [-0.25, -0.2) is 9.78 Å². The maximum Gasteiger partial charge on any atom is 0.315 e. The van der Waals surface area contributed by atoms with Gasteiger partial charge in [0.15, 0.2) is 0 Å². The Labute approximate surface area is 157 Å². The molecule has 134 valence electrons. The molecule has 3 aromatic rings. The van der Waals surface area contributed by atoms with Crippen molar-refractivity contribution in [1.82, 2.24) is 15.6 Å². The minimum absolute atomic E-state index is 0.0950. The summed E-state index contributed by atoms with van der Waals surface area (Å²) in [4.78, 5) is 16.5. The number of fused-ring (bicyclic) bond motifs is 1. The largest absolute Gasteiger partial charge is 0.368 e. The highest BCUT2D eigenvalue weighted by Crippen LogP contribution is 2.16. The van der Waals surface area contributed by atoms with Gasteiger partial charge in [0.1, 0.15) is 5.82 Å². The van der Waals surface area contributed by atoms with Crippen molar-refractivity contribution < 1.29 is 4.79 Å². The van der Waals surface area contributed by atoms with Crippen LogP contribution in [0.5, 0.6) is 0 Å². The van der Waals surface area contributed by atoms with Crippen molar-refractivity contribution in [2.45, 2.75) is 13.0 Å². The smallest absolute Gasteiger partial charge is 0.315 e. The zero-order valence-corrected chi connectivity index (χ0v) is 15.3. The number of amides is 2.